The molecule has 0 saturated carbocycles. The first-order valence-electron chi connectivity index (χ1n) is 6.45. The molecule has 3 aromatic heterocycles. The maximum absolute atomic E-state index is 5.79. The first kappa shape index (κ1) is 14.9. The number of rotatable bonds is 5. The fraction of sp³-hybridized carbons (Fsp3) is 0.286. The van der Waals surface area contributed by atoms with Crippen LogP contribution < -0.4 is 0 Å². The summed E-state index contributed by atoms with van der Waals surface area (Å²) in [6.07, 6.45) is 0. The van der Waals surface area contributed by atoms with Crippen LogP contribution in [-0.2, 0) is 6.54 Å². The molecule has 3 heterocycles. The van der Waals surface area contributed by atoms with Crippen molar-refractivity contribution in [3.05, 3.63) is 44.2 Å². The van der Waals surface area contributed by atoms with Crippen LogP contribution in [0.5, 0.6) is 0 Å². The van der Waals surface area contributed by atoms with Crippen LogP contribution >= 0.6 is 38.6 Å². The second-order valence-electron chi connectivity index (χ2n) is 4.72. The molecular formula is C14H14BrN3OS2. The van der Waals surface area contributed by atoms with Crippen LogP contribution in [0.25, 0.3) is 10.8 Å². The van der Waals surface area contributed by atoms with Crippen LogP contribution in [0.15, 0.2) is 37.8 Å². The Morgan fingerprint density at radius 1 is 1.33 bits per heavy atom. The standard InChI is InChI=1S/C14H14BrN3OS2/c1-9(18(2)8-10-5-6-12(15)21-10)13-16-17-14(19-13)11-4-3-7-20-11/h3-7,9H,8H2,1-2H3/t9-/m0/s1. The molecule has 0 amide bonds. The van der Waals surface area contributed by atoms with E-state index in [2.05, 4.69) is 57.1 Å². The molecule has 0 radical (unpaired) electrons. The van der Waals surface area contributed by atoms with Gasteiger partial charge in [-0.15, -0.1) is 32.9 Å². The molecular weight excluding hydrogens is 370 g/mol. The summed E-state index contributed by atoms with van der Waals surface area (Å²) in [5.41, 5.74) is 0. The van der Waals surface area contributed by atoms with Gasteiger partial charge in [-0.1, -0.05) is 6.07 Å². The van der Waals surface area contributed by atoms with Gasteiger partial charge in [0.2, 0.25) is 5.89 Å². The number of thiophene rings is 2. The Bertz CT molecular complexity index is 707. The van der Waals surface area contributed by atoms with Gasteiger partial charge in [-0.3, -0.25) is 4.90 Å². The van der Waals surface area contributed by atoms with Gasteiger partial charge < -0.3 is 4.42 Å². The van der Waals surface area contributed by atoms with Crippen LogP contribution in [0.1, 0.15) is 23.7 Å². The molecule has 4 nitrogen and oxygen atoms in total. The van der Waals surface area contributed by atoms with Crippen molar-refractivity contribution in [3.8, 4) is 10.8 Å². The Balaban J connectivity index is 1.71. The minimum atomic E-state index is 0.0760. The van der Waals surface area contributed by atoms with Crippen molar-refractivity contribution in [1.82, 2.24) is 15.1 Å². The highest BCUT2D eigenvalue weighted by atomic mass is 79.9. The molecule has 1 atom stereocenters. The van der Waals surface area contributed by atoms with Gasteiger partial charge in [0.05, 0.1) is 14.7 Å². The van der Waals surface area contributed by atoms with E-state index < -0.39 is 0 Å². The smallest absolute Gasteiger partial charge is 0.257 e. The fourth-order valence-corrected chi connectivity index (χ4v) is 4.10. The molecule has 0 N–H and O–H groups in total. The largest absolute Gasteiger partial charge is 0.418 e. The molecule has 0 aliphatic rings. The van der Waals surface area contributed by atoms with Gasteiger partial charge in [-0.05, 0) is 53.5 Å². The van der Waals surface area contributed by atoms with Gasteiger partial charge in [0.25, 0.3) is 5.89 Å². The highest BCUT2D eigenvalue weighted by Crippen LogP contribution is 2.28. The van der Waals surface area contributed by atoms with E-state index in [1.54, 1.807) is 22.7 Å². The molecule has 0 aromatic carbocycles. The van der Waals surface area contributed by atoms with E-state index in [1.165, 1.54) is 4.88 Å². The Labute approximate surface area is 139 Å². The molecule has 0 aliphatic carbocycles. The highest BCUT2D eigenvalue weighted by molar-refractivity contribution is 9.11. The van der Waals surface area contributed by atoms with E-state index in [-0.39, 0.29) is 6.04 Å². The molecule has 3 aromatic rings. The summed E-state index contributed by atoms with van der Waals surface area (Å²) < 4.78 is 6.94. The van der Waals surface area contributed by atoms with E-state index in [9.17, 15) is 0 Å². The normalized spacial score (nSPS) is 13.0. The summed E-state index contributed by atoms with van der Waals surface area (Å²) in [6, 6.07) is 8.24. The lowest BCUT2D eigenvalue weighted by Gasteiger charge is -2.20. The Morgan fingerprint density at radius 3 is 2.86 bits per heavy atom. The third kappa shape index (κ3) is 3.42. The van der Waals surface area contributed by atoms with E-state index in [1.807, 2.05) is 17.5 Å². The molecule has 0 aliphatic heterocycles. The maximum atomic E-state index is 5.79. The van der Waals surface area contributed by atoms with E-state index in [0.717, 1.165) is 15.2 Å². The zero-order chi connectivity index (χ0) is 14.8. The quantitative estimate of drug-likeness (QED) is 0.633. The van der Waals surface area contributed by atoms with Crippen LogP contribution in [0.3, 0.4) is 0 Å². The molecule has 0 bridgehead atoms. The Kier molecular flexibility index (Phi) is 4.54. The van der Waals surface area contributed by atoms with Gasteiger partial charge >= 0.3 is 0 Å². The summed E-state index contributed by atoms with van der Waals surface area (Å²) in [5, 5.41) is 10.3. The molecule has 0 unspecified atom stereocenters. The molecule has 0 saturated heterocycles. The second-order valence-corrected chi connectivity index (χ2v) is 8.21. The van der Waals surface area contributed by atoms with Crippen molar-refractivity contribution in [2.45, 2.75) is 19.5 Å². The third-order valence-corrected chi connectivity index (χ3v) is 5.69. The predicted molar refractivity (Wildman–Crippen MR) is 89.5 cm³/mol. The van der Waals surface area contributed by atoms with E-state index in [4.69, 9.17) is 4.42 Å². The molecule has 3 rings (SSSR count). The molecule has 0 fully saturated rings. The van der Waals surface area contributed by atoms with Crippen molar-refractivity contribution in [2.75, 3.05) is 7.05 Å². The van der Waals surface area contributed by atoms with E-state index >= 15 is 0 Å². The summed E-state index contributed by atoms with van der Waals surface area (Å²) in [6.45, 7) is 2.93. The zero-order valence-corrected chi connectivity index (χ0v) is 14.8. The molecule has 21 heavy (non-hydrogen) atoms. The minimum Gasteiger partial charge on any atom is -0.418 e. The lowest BCUT2D eigenvalue weighted by Crippen LogP contribution is -2.21. The maximum Gasteiger partial charge on any atom is 0.257 e. The van der Waals surface area contributed by atoms with Crippen LogP contribution in [0.4, 0.5) is 0 Å². The lowest BCUT2D eigenvalue weighted by molar-refractivity contribution is 0.220. The number of halogens is 1. The predicted octanol–water partition coefficient (Wildman–Crippen LogP) is 4.82. The van der Waals surface area contributed by atoms with Gasteiger partial charge in [-0.25, -0.2) is 0 Å². The topological polar surface area (TPSA) is 42.2 Å². The van der Waals surface area contributed by atoms with Crippen molar-refractivity contribution in [1.29, 1.82) is 0 Å². The molecule has 0 spiro atoms. The summed E-state index contributed by atoms with van der Waals surface area (Å²) in [7, 11) is 2.06. The summed E-state index contributed by atoms with van der Waals surface area (Å²) in [4.78, 5) is 4.50. The van der Waals surface area contributed by atoms with Gasteiger partial charge in [0.1, 0.15) is 0 Å². The van der Waals surface area contributed by atoms with Crippen molar-refractivity contribution in [3.63, 3.8) is 0 Å². The fourth-order valence-electron chi connectivity index (χ4n) is 1.91. The minimum absolute atomic E-state index is 0.0760. The van der Waals surface area contributed by atoms with Crippen LogP contribution in [0.2, 0.25) is 0 Å². The third-order valence-electron chi connectivity index (χ3n) is 3.23. The highest BCUT2D eigenvalue weighted by Gasteiger charge is 2.20. The zero-order valence-electron chi connectivity index (χ0n) is 11.6. The van der Waals surface area contributed by atoms with Gasteiger partial charge in [-0.2, -0.15) is 0 Å². The average molecular weight is 384 g/mol. The first-order valence-corrected chi connectivity index (χ1v) is 8.94. The molecule has 110 valence electrons. The van der Waals surface area contributed by atoms with Gasteiger partial charge in [0.15, 0.2) is 0 Å². The number of hydrogen-bond acceptors (Lipinski definition) is 6. The number of hydrogen-bond donors (Lipinski definition) is 0. The first-order chi connectivity index (χ1) is 10.1. The van der Waals surface area contributed by atoms with Crippen molar-refractivity contribution in [2.24, 2.45) is 0 Å². The monoisotopic (exact) mass is 383 g/mol. The van der Waals surface area contributed by atoms with Crippen molar-refractivity contribution < 1.29 is 4.42 Å². The number of aromatic nitrogens is 2. The summed E-state index contributed by atoms with van der Waals surface area (Å²) >= 11 is 6.83. The van der Waals surface area contributed by atoms with Crippen LogP contribution in [0, 0.1) is 0 Å². The average Bonchev–Trinajstić information content (AvgIpc) is 3.18. The van der Waals surface area contributed by atoms with Crippen LogP contribution in [-0.4, -0.2) is 22.1 Å². The SMILES string of the molecule is C[C@@H](c1nnc(-c2cccs2)o1)N(C)Cc1ccc(Br)s1. The lowest BCUT2D eigenvalue weighted by atomic mass is 10.3. The van der Waals surface area contributed by atoms with Crippen molar-refractivity contribution >= 4 is 38.6 Å². The van der Waals surface area contributed by atoms with Gasteiger partial charge in [0, 0.05) is 11.4 Å². The summed E-state index contributed by atoms with van der Waals surface area (Å²) in [5.74, 6) is 1.25. The Hall–Kier alpha value is -1.02. The van der Waals surface area contributed by atoms with E-state index in [0.29, 0.717) is 11.8 Å². The number of nitrogens with zero attached hydrogens (tertiary/aromatic N) is 3. The Morgan fingerprint density at radius 2 is 2.19 bits per heavy atom. The molecule has 7 heteroatoms. The second kappa shape index (κ2) is 6.39.